The highest BCUT2D eigenvalue weighted by Gasteiger charge is 2.25. The average Bonchev–Trinajstić information content (AvgIpc) is 3.13. The number of hydrogen-bond acceptors (Lipinski definition) is 5. The zero-order valence-electron chi connectivity index (χ0n) is 14.9. The Morgan fingerprint density at radius 3 is 2.64 bits per heavy atom. The van der Waals surface area contributed by atoms with Crippen LogP contribution in [-0.4, -0.2) is 34.6 Å². The van der Waals surface area contributed by atoms with Gasteiger partial charge in [-0.1, -0.05) is 30.3 Å². The first-order valence-electron chi connectivity index (χ1n) is 8.80. The van der Waals surface area contributed by atoms with E-state index in [0.717, 1.165) is 22.2 Å². The van der Waals surface area contributed by atoms with E-state index in [9.17, 15) is 19.2 Å². The monoisotopic (exact) mass is 379 g/mol. The van der Waals surface area contributed by atoms with Crippen LogP contribution in [0.25, 0.3) is 10.9 Å². The number of benzene rings is 2. The number of esters is 1. The van der Waals surface area contributed by atoms with E-state index >= 15 is 0 Å². The molecule has 0 bridgehead atoms. The van der Waals surface area contributed by atoms with Crippen molar-refractivity contribution in [1.82, 2.24) is 9.55 Å². The maximum atomic E-state index is 12.4. The van der Waals surface area contributed by atoms with Crippen LogP contribution in [0, 0.1) is 0 Å². The first-order chi connectivity index (χ1) is 13.5. The second-order valence-corrected chi connectivity index (χ2v) is 6.45. The fraction of sp³-hybridized carbons (Fsp3) is 0.200. The van der Waals surface area contributed by atoms with Crippen molar-refractivity contribution in [2.75, 3.05) is 18.1 Å². The topological polar surface area (TPSA) is 101 Å². The summed E-state index contributed by atoms with van der Waals surface area (Å²) in [6, 6.07) is 14.0. The minimum Gasteiger partial charge on any atom is -0.454 e. The average molecular weight is 379 g/mol. The van der Waals surface area contributed by atoms with E-state index in [1.165, 1.54) is 0 Å². The molecule has 0 saturated heterocycles. The molecule has 4 rings (SSSR count). The largest absolute Gasteiger partial charge is 0.454 e. The maximum Gasteiger partial charge on any atom is 0.329 e. The Labute approximate surface area is 159 Å². The van der Waals surface area contributed by atoms with E-state index in [4.69, 9.17) is 4.74 Å². The van der Waals surface area contributed by atoms with E-state index in [1.807, 2.05) is 24.3 Å². The SMILES string of the molecule is O=C(Cn1c(=O)[nH]c(=O)c2ccccc21)OCC(=O)N1CCc2ccccc21. The van der Waals surface area contributed by atoms with E-state index in [2.05, 4.69) is 4.98 Å². The van der Waals surface area contributed by atoms with Gasteiger partial charge in [-0.3, -0.25) is 23.9 Å². The predicted molar refractivity (Wildman–Crippen MR) is 102 cm³/mol. The molecule has 0 unspecified atom stereocenters. The molecule has 2 aromatic carbocycles. The highest BCUT2D eigenvalue weighted by molar-refractivity contribution is 5.97. The van der Waals surface area contributed by atoms with Crippen molar-refractivity contribution in [3.63, 3.8) is 0 Å². The third-order valence-corrected chi connectivity index (χ3v) is 4.74. The Bertz CT molecular complexity index is 1190. The molecule has 0 radical (unpaired) electrons. The van der Waals surface area contributed by atoms with Crippen molar-refractivity contribution in [1.29, 1.82) is 0 Å². The van der Waals surface area contributed by atoms with Gasteiger partial charge in [0.2, 0.25) is 0 Å². The number of H-pyrrole nitrogens is 1. The number of fused-ring (bicyclic) bond motifs is 2. The Morgan fingerprint density at radius 2 is 1.79 bits per heavy atom. The molecule has 0 saturated carbocycles. The maximum absolute atomic E-state index is 12.4. The number of carbonyl (C=O) groups excluding carboxylic acids is 2. The molecule has 8 heteroatoms. The molecule has 142 valence electrons. The number of carbonyl (C=O) groups is 2. The van der Waals surface area contributed by atoms with Gasteiger partial charge in [-0.05, 0) is 30.2 Å². The van der Waals surface area contributed by atoms with Crippen molar-refractivity contribution in [2.45, 2.75) is 13.0 Å². The lowest BCUT2D eigenvalue weighted by molar-refractivity contribution is -0.148. The van der Waals surface area contributed by atoms with Gasteiger partial charge in [0.15, 0.2) is 6.61 Å². The molecular weight excluding hydrogens is 362 g/mol. The Balaban J connectivity index is 1.46. The minimum absolute atomic E-state index is 0.291. The molecule has 1 N–H and O–H groups in total. The van der Waals surface area contributed by atoms with Crippen LogP contribution in [0.1, 0.15) is 5.56 Å². The number of nitrogens with zero attached hydrogens (tertiary/aromatic N) is 2. The number of para-hydroxylation sites is 2. The molecule has 0 aliphatic carbocycles. The second kappa shape index (κ2) is 7.15. The van der Waals surface area contributed by atoms with Crippen molar-refractivity contribution >= 4 is 28.5 Å². The highest BCUT2D eigenvalue weighted by Crippen LogP contribution is 2.27. The number of hydrogen-bond donors (Lipinski definition) is 1. The number of nitrogens with one attached hydrogen (secondary N) is 1. The summed E-state index contributed by atoms with van der Waals surface area (Å²) in [7, 11) is 0. The van der Waals surface area contributed by atoms with Gasteiger partial charge in [0.25, 0.3) is 11.5 Å². The Kier molecular flexibility index (Phi) is 4.52. The van der Waals surface area contributed by atoms with Crippen molar-refractivity contribution in [3.8, 4) is 0 Å². The Morgan fingerprint density at radius 1 is 1.04 bits per heavy atom. The minimum atomic E-state index is -0.736. The lowest BCUT2D eigenvalue weighted by atomic mass is 10.2. The third kappa shape index (κ3) is 3.20. The van der Waals surface area contributed by atoms with Crippen LogP contribution in [0.3, 0.4) is 0 Å². The standard InChI is InChI=1S/C20H17N3O5/c24-17(22-10-9-13-5-1-3-7-15(13)22)12-28-18(25)11-23-16-8-4-2-6-14(16)19(26)21-20(23)27/h1-8H,9-12H2,(H,21,26,27). The first-order valence-corrected chi connectivity index (χ1v) is 8.80. The van der Waals surface area contributed by atoms with Crippen molar-refractivity contribution in [2.24, 2.45) is 0 Å². The number of amides is 1. The van der Waals surface area contributed by atoms with Gasteiger partial charge in [-0.2, -0.15) is 0 Å². The Hall–Kier alpha value is -3.68. The summed E-state index contributed by atoms with van der Waals surface area (Å²) in [5.41, 5.74) is 1.00. The van der Waals surface area contributed by atoms with Gasteiger partial charge >= 0.3 is 11.7 Å². The summed E-state index contributed by atoms with van der Waals surface area (Å²) in [6.07, 6.45) is 0.759. The molecule has 0 fully saturated rings. The number of aromatic nitrogens is 2. The quantitative estimate of drug-likeness (QED) is 0.677. The van der Waals surface area contributed by atoms with E-state index < -0.39 is 30.4 Å². The lowest BCUT2D eigenvalue weighted by Gasteiger charge is -2.17. The van der Waals surface area contributed by atoms with Crippen LogP contribution in [-0.2, 0) is 27.3 Å². The molecule has 0 spiro atoms. The summed E-state index contributed by atoms with van der Waals surface area (Å²) >= 11 is 0. The molecule has 2 heterocycles. The number of ether oxygens (including phenoxy) is 1. The first kappa shape index (κ1) is 17.7. The van der Waals surface area contributed by atoms with Gasteiger partial charge in [-0.25, -0.2) is 4.79 Å². The van der Waals surface area contributed by atoms with Crippen molar-refractivity contribution < 1.29 is 14.3 Å². The lowest BCUT2D eigenvalue weighted by Crippen LogP contribution is -2.35. The number of aromatic amines is 1. The van der Waals surface area contributed by atoms with Crippen LogP contribution in [0.15, 0.2) is 58.1 Å². The molecule has 3 aromatic rings. The number of rotatable bonds is 4. The van der Waals surface area contributed by atoms with Crippen LogP contribution in [0.4, 0.5) is 5.69 Å². The van der Waals surface area contributed by atoms with E-state index in [1.54, 1.807) is 29.2 Å². The molecule has 28 heavy (non-hydrogen) atoms. The van der Waals surface area contributed by atoms with Crippen LogP contribution in [0.5, 0.6) is 0 Å². The highest BCUT2D eigenvalue weighted by atomic mass is 16.5. The molecule has 1 aromatic heterocycles. The van der Waals surface area contributed by atoms with Gasteiger partial charge < -0.3 is 9.64 Å². The third-order valence-electron chi connectivity index (χ3n) is 4.74. The van der Waals surface area contributed by atoms with Gasteiger partial charge in [0.1, 0.15) is 6.54 Å². The normalized spacial score (nSPS) is 12.8. The van der Waals surface area contributed by atoms with Crippen LogP contribution in [0.2, 0.25) is 0 Å². The molecule has 1 aliphatic rings. The smallest absolute Gasteiger partial charge is 0.329 e. The molecule has 1 aliphatic heterocycles. The predicted octanol–water partition coefficient (Wildman–Crippen LogP) is 0.822. The molecule has 0 atom stereocenters. The van der Waals surface area contributed by atoms with Crippen LogP contribution >= 0.6 is 0 Å². The fourth-order valence-electron chi connectivity index (χ4n) is 3.39. The summed E-state index contributed by atoms with van der Waals surface area (Å²) in [6.45, 7) is -0.275. The summed E-state index contributed by atoms with van der Waals surface area (Å²) in [5.74, 6) is -1.06. The molecule has 8 nitrogen and oxygen atoms in total. The fourth-order valence-corrected chi connectivity index (χ4v) is 3.39. The second-order valence-electron chi connectivity index (χ2n) is 6.45. The summed E-state index contributed by atoms with van der Waals surface area (Å²) in [4.78, 5) is 52.4. The molecule has 1 amide bonds. The zero-order chi connectivity index (χ0) is 19.7. The summed E-state index contributed by atoms with van der Waals surface area (Å²) in [5, 5.41) is 0.291. The van der Waals surface area contributed by atoms with E-state index in [-0.39, 0.29) is 5.91 Å². The zero-order valence-corrected chi connectivity index (χ0v) is 14.9. The summed E-state index contributed by atoms with van der Waals surface area (Å²) < 4.78 is 6.21. The van der Waals surface area contributed by atoms with E-state index in [0.29, 0.717) is 17.4 Å². The van der Waals surface area contributed by atoms with Gasteiger partial charge in [-0.15, -0.1) is 0 Å². The molecular formula is C20H17N3O5. The number of anilines is 1. The van der Waals surface area contributed by atoms with Crippen LogP contribution < -0.4 is 16.1 Å². The van der Waals surface area contributed by atoms with Crippen molar-refractivity contribution in [3.05, 3.63) is 74.9 Å². The van der Waals surface area contributed by atoms with Gasteiger partial charge in [0, 0.05) is 12.2 Å². The van der Waals surface area contributed by atoms with Gasteiger partial charge in [0.05, 0.1) is 10.9 Å².